The second-order valence-electron chi connectivity index (χ2n) is 8.60. The van der Waals surface area contributed by atoms with E-state index in [1.54, 1.807) is 31.3 Å². The zero-order chi connectivity index (χ0) is 24.6. The molecule has 0 unspecified atom stereocenters. The number of halogens is 1. The minimum Gasteiger partial charge on any atom is -0.452 e. The van der Waals surface area contributed by atoms with E-state index in [-0.39, 0.29) is 17.3 Å². The Morgan fingerprint density at radius 1 is 0.914 bits per heavy atom. The first-order valence-corrected chi connectivity index (χ1v) is 11.1. The standard InChI is InChI=1S/C26H22FN5O3/c1-15-3-5-17(6-4-15)31-24(33)26(10-11-26)25(34)32-18-7-8-20(19(27)13-18)35-21-9-12-28-23-22(21)29-14-16(2)30-23/h3-9,12-14H,10-11H2,1-2H3,(H,31,33)(H,32,34). The van der Waals surface area contributed by atoms with Crippen LogP contribution < -0.4 is 15.4 Å². The number of fused-ring (bicyclic) bond motifs is 1. The van der Waals surface area contributed by atoms with Crippen molar-refractivity contribution in [2.24, 2.45) is 5.41 Å². The number of aryl methyl sites for hydroxylation is 2. The number of amides is 2. The lowest BCUT2D eigenvalue weighted by molar-refractivity contribution is -0.131. The molecule has 1 aliphatic rings. The van der Waals surface area contributed by atoms with Gasteiger partial charge in [0.2, 0.25) is 11.8 Å². The minimum absolute atomic E-state index is 0.0453. The number of rotatable bonds is 6. The van der Waals surface area contributed by atoms with Gasteiger partial charge in [-0.25, -0.2) is 19.3 Å². The van der Waals surface area contributed by atoms with Crippen LogP contribution in [-0.4, -0.2) is 26.8 Å². The molecule has 8 nitrogen and oxygen atoms in total. The fourth-order valence-corrected chi connectivity index (χ4v) is 3.67. The predicted octanol–water partition coefficient (Wildman–Crippen LogP) is 4.93. The monoisotopic (exact) mass is 471 g/mol. The van der Waals surface area contributed by atoms with Gasteiger partial charge in [-0.05, 0) is 51.0 Å². The second kappa shape index (κ2) is 8.75. The third-order valence-corrected chi connectivity index (χ3v) is 5.87. The van der Waals surface area contributed by atoms with E-state index in [0.29, 0.717) is 41.1 Å². The van der Waals surface area contributed by atoms with Crippen LogP contribution in [0.2, 0.25) is 0 Å². The van der Waals surface area contributed by atoms with Gasteiger partial charge in [-0.2, -0.15) is 0 Å². The molecule has 2 amide bonds. The number of benzene rings is 2. The number of ether oxygens (including phenoxy) is 1. The summed E-state index contributed by atoms with van der Waals surface area (Å²) in [5.41, 5.74) is 2.25. The molecule has 5 rings (SSSR count). The average Bonchev–Trinajstić information content (AvgIpc) is 3.65. The highest BCUT2D eigenvalue weighted by atomic mass is 19.1. The molecule has 2 N–H and O–H groups in total. The molecule has 0 bridgehead atoms. The molecular weight excluding hydrogens is 449 g/mol. The summed E-state index contributed by atoms with van der Waals surface area (Å²) in [6, 6.07) is 13.0. The molecule has 1 saturated carbocycles. The Hall–Kier alpha value is -4.40. The molecule has 2 heterocycles. The summed E-state index contributed by atoms with van der Waals surface area (Å²) in [5.74, 6) is -1.26. The van der Waals surface area contributed by atoms with Gasteiger partial charge in [-0.15, -0.1) is 0 Å². The van der Waals surface area contributed by atoms with Gasteiger partial charge in [-0.3, -0.25) is 9.59 Å². The molecule has 35 heavy (non-hydrogen) atoms. The molecule has 0 aliphatic heterocycles. The summed E-state index contributed by atoms with van der Waals surface area (Å²) in [6.07, 6.45) is 3.94. The predicted molar refractivity (Wildman–Crippen MR) is 129 cm³/mol. The van der Waals surface area contributed by atoms with Crippen molar-refractivity contribution < 1.29 is 18.7 Å². The van der Waals surface area contributed by atoms with Gasteiger partial charge < -0.3 is 15.4 Å². The Morgan fingerprint density at radius 3 is 2.29 bits per heavy atom. The van der Waals surface area contributed by atoms with Gasteiger partial charge in [-0.1, -0.05) is 17.7 Å². The van der Waals surface area contributed by atoms with Crippen LogP contribution in [0.15, 0.2) is 60.9 Å². The van der Waals surface area contributed by atoms with Crippen LogP contribution in [0.4, 0.5) is 15.8 Å². The minimum atomic E-state index is -1.16. The molecule has 9 heteroatoms. The van der Waals surface area contributed by atoms with Gasteiger partial charge in [0, 0.05) is 35.9 Å². The van der Waals surface area contributed by atoms with Crippen LogP contribution in [0.5, 0.6) is 11.5 Å². The summed E-state index contributed by atoms with van der Waals surface area (Å²) >= 11 is 0. The topological polar surface area (TPSA) is 106 Å². The first-order valence-electron chi connectivity index (χ1n) is 11.1. The molecule has 0 radical (unpaired) electrons. The van der Waals surface area contributed by atoms with E-state index >= 15 is 0 Å². The van der Waals surface area contributed by atoms with E-state index in [1.807, 2.05) is 19.1 Å². The van der Waals surface area contributed by atoms with Crippen LogP contribution in [0.1, 0.15) is 24.1 Å². The Labute approximate surface area is 200 Å². The molecular formula is C26H22FN5O3. The fraction of sp³-hybridized carbons (Fsp3) is 0.192. The van der Waals surface area contributed by atoms with Crippen molar-refractivity contribution in [3.05, 3.63) is 78.0 Å². The Morgan fingerprint density at radius 2 is 1.60 bits per heavy atom. The van der Waals surface area contributed by atoms with Gasteiger partial charge in [0.25, 0.3) is 0 Å². The van der Waals surface area contributed by atoms with Crippen LogP contribution in [0.3, 0.4) is 0 Å². The van der Waals surface area contributed by atoms with Crippen LogP contribution in [0, 0.1) is 25.1 Å². The lowest BCUT2D eigenvalue weighted by Gasteiger charge is -2.16. The summed E-state index contributed by atoms with van der Waals surface area (Å²) in [6.45, 7) is 3.75. The van der Waals surface area contributed by atoms with Crippen molar-refractivity contribution >= 4 is 34.4 Å². The number of nitrogens with one attached hydrogen (secondary N) is 2. The normalized spacial score (nSPS) is 13.8. The number of aromatic nitrogens is 3. The quantitative estimate of drug-likeness (QED) is 0.386. The highest BCUT2D eigenvalue weighted by molar-refractivity contribution is 6.16. The third kappa shape index (κ3) is 4.52. The number of carbonyl (C=O) groups excluding carboxylic acids is 2. The van der Waals surface area contributed by atoms with E-state index in [2.05, 4.69) is 25.6 Å². The van der Waals surface area contributed by atoms with Gasteiger partial charge in [0.1, 0.15) is 5.41 Å². The van der Waals surface area contributed by atoms with E-state index in [1.165, 1.54) is 18.3 Å². The van der Waals surface area contributed by atoms with Crippen molar-refractivity contribution in [1.29, 1.82) is 0 Å². The maximum absolute atomic E-state index is 14.8. The maximum atomic E-state index is 14.8. The molecule has 1 aliphatic carbocycles. The Kier molecular flexibility index (Phi) is 5.60. The third-order valence-electron chi connectivity index (χ3n) is 5.87. The lowest BCUT2D eigenvalue weighted by Crippen LogP contribution is -2.35. The molecule has 4 aromatic rings. The molecule has 0 atom stereocenters. The second-order valence-corrected chi connectivity index (χ2v) is 8.60. The summed E-state index contributed by atoms with van der Waals surface area (Å²) < 4.78 is 20.6. The number of anilines is 2. The molecule has 0 spiro atoms. The first kappa shape index (κ1) is 22.4. The highest BCUT2D eigenvalue weighted by Gasteiger charge is 2.56. The number of hydrogen-bond donors (Lipinski definition) is 2. The van der Waals surface area contributed by atoms with E-state index in [4.69, 9.17) is 4.74 Å². The van der Waals surface area contributed by atoms with E-state index in [9.17, 15) is 14.0 Å². The Balaban J connectivity index is 1.29. The highest BCUT2D eigenvalue weighted by Crippen LogP contribution is 2.47. The SMILES string of the molecule is Cc1ccc(NC(=O)C2(C(=O)Nc3ccc(Oc4ccnc5nc(C)cnc45)c(F)c3)CC2)cc1. The zero-order valence-corrected chi connectivity index (χ0v) is 19.1. The number of hydrogen-bond acceptors (Lipinski definition) is 6. The molecule has 2 aromatic heterocycles. The summed E-state index contributed by atoms with van der Waals surface area (Å²) in [5, 5.41) is 5.46. The fourth-order valence-electron chi connectivity index (χ4n) is 3.67. The maximum Gasteiger partial charge on any atom is 0.240 e. The molecule has 176 valence electrons. The van der Waals surface area contributed by atoms with Gasteiger partial charge >= 0.3 is 0 Å². The van der Waals surface area contributed by atoms with Crippen LogP contribution >= 0.6 is 0 Å². The molecule has 2 aromatic carbocycles. The van der Waals surface area contributed by atoms with Crippen LogP contribution in [-0.2, 0) is 9.59 Å². The first-order chi connectivity index (χ1) is 16.8. The van der Waals surface area contributed by atoms with Crippen molar-refractivity contribution in [2.75, 3.05) is 10.6 Å². The summed E-state index contributed by atoms with van der Waals surface area (Å²) in [4.78, 5) is 38.4. The van der Waals surface area contributed by atoms with Gasteiger partial charge in [0.15, 0.2) is 28.5 Å². The zero-order valence-electron chi connectivity index (χ0n) is 19.1. The van der Waals surface area contributed by atoms with Crippen LogP contribution in [0.25, 0.3) is 11.2 Å². The smallest absolute Gasteiger partial charge is 0.240 e. The van der Waals surface area contributed by atoms with Crippen molar-refractivity contribution in [3.63, 3.8) is 0 Å². The van der Waals surface area contributed by atoms with Crippen molar-refractivity contribution in [3.8, 4) is 11.5 Å². The van der Waals surface area contributed by atoms with E-state index < -0.39 is 17.1 Å². The Bertz CT molecular complexity index is 1450. The number of carbonyl (C=O) groups is 2. The van der Waals surface area contributed by atoms with Gasteiger partial charge in [0.05, 0.1) is 5.69 Å². The number of pyridine rings is 1. The van der Waals surface area contributed by atoms with Crippen molar-refractivity contribution in [2.45, 2.75) is 26.7 Å². The largest absolute Gasteiger partial charge is 0.452 e. The average molecular weight is 471 g/mol. The molecule has 0 saturated heterocycles. The molecule has 1 fully saturated rings. The lowest BCUT2D eigenvalue weighted by atomic mass is 10.0. The van der Waals surface area contributed by atoms with Crippen molar-refractivity contribution in [1.82, 2.24) is 15.0 Å². The summed E-state index contributed by atoms with van der Waals surface area (Å²) in [7, 11) is 0. The van der Waals surface area contributed by atoms with E-state index in [0.717, 1.165) is 11.6 Å². The number of nitrogens with zero attached hydrogens (tertiary/aromatic N) is 3.